The van der Waals surface area contributed by atoms with Gasteiger partial charge in [-0.3, -0.25) is 9.69 Å². The first kappa shape index (κ1) is 30.8. The zero-order valence-corrected chi connectivity index (χ0v) is 26.2. The van der Waals surface area contributed by atoms with Crippen molar-refractivity contribution in [3.05, 3.63) is 95.3 Å². The summed E-state index contributed by atoms with van der Waals surface area (Å²) in [6.45, 7) is 11.1. The molecule has 0 spiro atoms. The van der Waals surface area contributed by atoms with Gasteiger partial charge < -0.3 is 14.6 Å². The third kappa shape index (κ3) is 8.26. The minimum absolute atomic E-state index is 0.0187. The lowest BCUT2D eigenvalue weighted by molar-refractivity contribution is 0.0639. The van der Waals surface area contributed by atoms with Crippen molar-refractivity contribution in [1.82, 2.24) is 19.8 Å². The molecule has 1 saturated heterocycles. The molecule has 1 atom stereocenters. The average Bonchev–Trinajstić information content (AvgIpc) is 3.46. The van der Waals surface area contributed by atoms with Gasteiger partial charge in [0.05, 0.1) is 23.7 Å². The Morgan fingerprint density at radius 2 is 1.65 bits per heavy atom. The number of carbonyl (C=O) groups is 1. The zero-order chi connectivity index (χ0) is 30.0. The molecule has 1 amide bonds. The van der Waals surface area contributed by atoms with Gasteiger partial charge in [-0.05, 0) is 85.8 Å². The largest absolute Gasteiger partial charge is 0.494 e. The smallest absolute Gasteiger partial charge is 0.254 e. The predicted molar refractivity (Wildman–Crippen MR) is 175 cm³/mol. The van der Waals surface area contributed by atoms with Gasteiger partial charge in [-0.1, -0.05) is 76.4 Å². The third-order valence-electron chi connectivity index (χ3n) is 8.41. The highest BCUT2D eigenvalue weighted by atomic mass is 16.5. The second-order valence-electron chi connectivity index (χ2n) is 12.4. The lowest BCUT2D eigenvalue weighted by Gasteiger charge is -2.33. The van der Waals surface area contributed by atoms with Crippen LogP contribution in [0.2, 0.25) is 0 Å². The molecule has 6 nitrogen and oxygen atoms in total. The summed E-state index contributed by atoms with van der Waals surface area (Å²) in [6, 6.07) is 24.3. The van der Waals surface area contributed by atoms with Crippen LogP contribution in [0.3, 0.4) is 0 Å². The van der Waals surface area contributed by atoms with E-state index in [4.69, 9.17) is 9.72 Å². The molecule has 0 bridgehead atoms. The molecule has 6 heteroatoms. The maximum Gasteiger partial charge on any atom is 0.254 e. The van der Waals surface area contributed by atoms with E-state index in [0.29, 0.717) is 31.1 Å². The minimum Gasteiger partial charge on any atom is -0.494 e. The van der Waals surface area contributed by atoms with Crippen molar-refractivity contribution in [2.75, 3.05) is 26.2 Å². The summed E-state index contributed by atoms with van der Waals surface area (Å²) in [5.41, 5.74) is 5.20. The Morgan fingerprint density at radius 3 is 2.37 bits per heavy atom. The van der Waals surface area contributed by atoms with Crippen molar-refractivity contribution in [3.63, 3.8) is 0 Å². The zero-order valence-electron chi connectivity index (χ0n) is 26.2. The van der Waals surface area contributed by atoms with Gasteiger partial charge in [0.2, 0.25) is 0 Å². The Labute approximate surface area is 257 Å². The first-order chi connectivity index (χ1) is 21.0. The number of piperidine rings is 1. The first-order valence-electron chi connectivity index (χ1n) is 16.3. The molecule has 4 aromatic rings. The number of likely N-dealkylation sites (tertiary alicyclic amines) is 1. The molecule has 3 aromatic carbocycles. The van der Waals surface area contributed by atoms with Crippen LogP contribution in [0.15, 0.2) is 72.8 Å². The van der Waals surface area contributed by atoms with E-state index in [9.17, 15) is 4.79 Å². The Bertz CT molecular complexity index is 1410. The number of nitrogens with zero attached hydrogens (tertiary/aromatic N) is 3. The van der Waals surface area contributed by atoms with Gasteiger partial charge in [0.25, 0.3) is 5.91 Å². The molecule has 1 unspecified atom stereocenters. The van der Waals surface area contributed by atoms with Crippen LogP contribution in [0.4, 0.5) is 0 Å². The van der Waals surface area contributed by atoms with Crippen molar-refractivity contribution >= 4 is 16.9 Å². The topological polar surface area (TPSA) is 61.5 Å². The van der Waals surface area contributed by atoms with E-state index in [1.54, 1.807) is 0 Å². The van der Waals surface area contributed by atoms with Crippen LogP contribution < -0.4 is 4.74 Å². The number of amides is 1. The summed E-state index contributed by atoms with van der Waals surface area (Å²) in [4.78, 5) is 27.6. The normalized spacial score (nSPS) is 14.7. The number of carbonyl (C=O) groups excluding carboxylic acids is 1. The first-order valence-corrected chi connectivity index (χ1v) is 16.3. The van der Waals surface area contributed by atoms with Gasteiger partial charge in [0.1, 0.15) is 11.6 Å². The van der Waals surface area contributed by atoms with Gasteiger partial charge in [0.15, 0.2) is 0 Å². The molecular weight excluding hydrogens is 532 g/mol. The van der Waals surface area contributed by atoms with Crippen LogP contribution in [0.25, 0.3) is 11.0 Å². The number of fused-ring (bicyclic) bond motifs is 1. The second-order valence-corrected chi connectivity index (χ2v) is 12.4. The molecule has 43 heavy (non-hydrogen) atoms. The number of para-hydroxylation sites is 2. The number of rotatable bonds is 14. The van der Waals surface area contributed by atoms with Crippen molar-refractivity contribution in [1.29, 1.82) is 0 Å². The van der Waals surface area contributed by atoms with Crippen molar-refractivity contribution in [2.45, 2.75) is 78.3 Å². The molecule has 1 aliphatic rings. The van der Waals surface area contributed by atoms with E-state index < -0.39 is 0 Å². The highest BCUT2D eigenvalue weighted by Gasteiger charge is 2.30. The number of H-pyrrole nitrogens is 1. The third-order valence-corrected chi connectivity index (χ3v) is 8.41. The Hall–Kier alpha value is -3.64. The SMILES string of the molecule is CCCCCOc1ccc(C(=O)N(CC(C)C)C(Cc2ccccc2CN2CCCCC2)c2nc3ccccc3[nH]2)cc1. The Morgan fingerprint density at radius 1 is 0.930 bits per heavy atom. The summed E-state index contributed by atoms with van der Waals surface area (Å²) in [6.07, 6.45) is 7.91. The predicted octanol–water partition coefficient (Wildman–Crippen LogP) is 8.20. The summed E-state index contributed by atoms with van der Waals surface area (Å²) >= 11 is 0. The van der Waals surface area contributed by atoms with E-state index in [2.05, 4.69) is 61.0 Å². The number of aromatic amines is 1. The number of benzene rings is 3. The van der Waals surface area contributed by atoms with Crippen molar-refractivity contribution < 1.29 is 9.53 Å². The van der Waals surface area contributed by atoms with Crippen LogP contribution in [-0.4, -0.2) is 51.9 Å². The van der Waals surface area contributed by atoms with Crippen LogP contribution in [0.1, 0.15) is 92.6 Å². The van der Waals surface area contributed by atoms with E-state index >= 15 is 0 Å². The minimum atomic E-state index is -0.241. The van der Waals surface area contributed by atoms with E-state index in [1.807, 2.05) is 47.4 Å². The van der Waals surface area contributed by atoms with Crippen LogP contribution >= 0.6 is 0 Å². The van der Waals surface area contributed by atoms with E-state index in [1.165, 1.54) is 30.4 Å². The standard InChI is InChI=1S/C37H48N4O2/c1-4-5-13-24-43-32-20-18-29(19-21-32)37(42)41(26-28(2)3)35(36-38-33-16-9-10-17-34(33)39-36)25-30-14-7-8-15-31(30)27-40-22-11-6-12-23-40/h7-10,14-21,28,35H,4-6,11-13,22-27H2,1-3H3,(H,38,39). The molecule has 2 heterocycles. The molecule has 1 aliphatic heterocycles. The molecule has 0 radical (unpaired) electrons. The number of ether oxygens (including phenoxy) is 1. The Kier molecular flexibility index (Phi) is 10.9. The molecule has 228 valence electrons. The van der Waals surface area contributed by atoms with Crippen LogP contribution in [-0.2, 0) is 13.0 Å². The van der Waals surface area contributed by atoms with E-state index in [-0.39, 0.29) is 11.9 Å². The summed E-state index contributed by atoms with van der Waals surface area (Å²) in [5, 5.41) is 0. The quantitative estimate of drug-likeness (QED) is 0.153. The van der Waals surface area contributed by atoms with Gasteiger partial charge in [0, 0.05) is 25.1 Å². The van der Waals surface area contributed by atoms with Gasteiger partial charge in [-0.25, -0.2) is 4.98 Å². The monoisotopic (exact) mass is 580 g/mol. The van der Waals surface area contributed by atoms with Gasteiger partial charge >= 0.3 is 0 Å². The lowest BCUT2D eigenvalue weighted by atomic mass is 9.96. The van der Waals surface area contributed by atoms with E-state index in [0.717, 1.165) is 61.5 Å². The maximum absolute atomic E-state index is 14.3. The fourth-order valence-electron chi connectivity index (χ4n) is 6.11. The fraction of sp³-hybridized carbons (Fsp3) is 0.459. The summed E-state index contributed by atoms with van der Waals surface area (Å²) in [7, 11) is 0. The molecular formula is C37H48N4O2. The molecule has 0 aliphatic carbocycles. The fourth-order valence-corrected chi connectivity index (χ4v) is 6.11. The number of unbranched alkanes of at least 4 members (excludes halogenated alkanes) is 2. The molecule has 1 fully saturated rings. The average molecular weight is 581 g/mol. The molecule has 1 N–H and O–H groups in total. The van der Waals surface area contributed by atoms with Crippen LogP contribution in [0.5, 0.6) is 5.75 Å². The summed E-state index contributed by atoms with van der Waals surface area (Å²) in [5.74, 6) is 1.95. The maximum atomic E-state index is 14.3. The molecule has 5 rings (SSSR count). The second kappa shape index (κ2) is 15.2. The Balaban J connectivity index is 1.47. The van der Waals surface area contributed by atoms with Crippen molar-refractivity contribution in [2.24, 2.45) is 5.92 Å². The number of nitrogens with one attached hydrogen (secondary N) is 1. The number of aromatic nitrogens is 2. The highest BCUT2D eigenvalue weighted by Crippen LogP contribution is 2.30. The molecule has 1 aromatic heterocycles. The van der Waals surface area contributed by atoms with Gasteiger partial charge in [-0.2, -0.15) is 0 Å². The number of imidazole rings is 1. The summed E-state index contributed by atoms with van der Waals surface area (Å²) < 4.78 is 5.93. The lowest BCUT2D eigenvalue weighted by Crippen LogP contribution is -2.39. The number of hydrogen-bond donors (Lipinski definition) is 1. The highest BCUT2D eigenvalue weighted by molar-refractivity contribution is 5.94. The van der Waals surface area contributed by atoms with Crippen molar-refractivity contribution in [3.8, 4) is 5.75 Å². The van der Waals surface area contributed by atoms with Crippen LogP contribution in [0, 0.1) is 5.92 Å². The molecule has 0 saturated carbocycles. The van der Waals surface area contributed by atoms with Gasteiger partial charge in [-0.15, -0.1) is 0 Å². The number of hydrogen-bond acceptors (Lipinski definition) is 4.